The number of carbonyl (C=O) groups is 1. The van der Waals surface area contributed by atoms with Crippen molar-refractivity contribution in [3.05, 3.63) is 64.7 Å². The molecule has 0 aliphatic carbocycles. The van der Waals surface area contributed by atoms with Crippen molar-refractivity contribution in [2.24, 2.45) is 10.1 Å². The van der Waals surface area contributed by atoms with Crippen molar-refractivity contribution in [1.82, 2.24) is 5.01 Å². The van der Waals surface area contributed by atoms with E-state index >= 15 is 0 Å². The number of aliphatic imine (C=N–C) groups is 1. The number of nitrogens with one attached hydrogen (secondary N) is 1. The third-order valence-electron chi connectivity index (χ3n) is 4.75. The van der Waals surface area contributed by atoms with E-state index in [9.17, 15) is 4.79 Å². The number of nitrogens with zero attached hydrogens (tertiary/aromatic N) is 3. The first-order chi connectivity index (χ1) is 14.9. The number of benzene rings is 2. The number of thioether (sulfide) groups is 1. The number of fused-ring (bicyclic) bond motifs is 1. The molecule has 0 saturated heterocycles. The molecule has 0 unspecified atom stereocenters. The summed E-state index contributed by atoms with van der Waals surface area (Å²) in [7, 11) is 0. The lowest BCUT2D eigenvalue weighted by Gasteiger charge is -2.20. The Labute approximate surface area is 185 Å². The van der Waals surface area contributed by atoms with Crippen molar-refractivity contribution in [3.8, 4) is 11.5 Å². The molecular weight excluding hydrogens is 412 g/mol. The first kappa shape index (κ1) is 20.9. The number of ether oxygens (including phenoxy) is 2. The van der Waals surface area contributed by atoms with E-state index in [1.54, 1.807) is 6.08 Å². The zero-order valence-electron chi connectivity index (χ0n) is 17.5. The Kier molecular flexibility index (Phi) is 5.90. The van der Waals surface area contributed by atoms with Crippen molar-refractivity contribution in [1.29, 1.82) is 5.41 Å². The maximum absolute atomic E-state index is 12.3. The van der Waals surface area contributed by atoms with Gasteiger partial charge < -0.3 is 9.47 Å². The zero-order valence-corrected chi connectivity index (χ0v) is 18.3. The van der Waals surface area contributed by atoms with Crippen LogP contribution in [-0.4, -0.2) is 40.2 Å². The Balaban J connectivity index is 1.36. The second kappa shape index (κ2) is 8.77. The van der Waals surface area contributed by atoms with E-state index in [2.05, 4.69) is 10.1 Å². The maximum Gasteiger partial charge on any atom is 0.283 e. The molecule has 2 aromatic rings. The van der Waals surface area contributed by atoms with Gasteiger partial charge in [-0.3, -0.25) is 10.2 Å². The van der Waals surface area contributed by atoms with Crippen LogP contribution in [0.25, 0.3) is 6.08 Å². The Morgan fingerprint density at radius 2 is 1.71 bits per heavy atom. The van der Waals surface area contributed by atoms with E-state index in [1.807, 2.05) is 63.2 Å². The molecule has 0 aromatic heterocycles. The van der Waals surface area contributed by atoms with Crippen molar-refractivity contribution >= 4 is 39.8 Å². The van der Waals surface area contributed by atoms with Gasteiger partial charge in [0.25, 0.3) is 5.91 Å². The van der Waals surface area contributed by atoms with E-state index in [0.29, 0.717) is 24.1 Å². The molecule has 0 radical (unpaired) electrons. The highest BCUT2D eigenvalue weighted by Crippen LogP contribution is 2.28. The maximum atomic E-state index is 12.3. The van der Waals surface area contributed by atoms with Crippen molar-refractivity contribution in [2.75, 3.05) is 13.2 Å². The largest absolute Gasteiger partial charge is 0.490 e. The van der Waals surface area contributed by atoms with Crippen LogP contribution in [0.1, 0.15) is 23.6 Å². The van der Waals surface area contributed by atoms with Crippen LogP contribution in [0.4, 0.5) is 0 Å². The number of aryl methyl sites for hydroxylation is 2. The number of amides is 1. The molecule has 31 heavy (non-hydrogen) atoms. The van der Waals surface area contributed by atoms with Crippen LogP contribution in [0.3, 0.4) is 0 Å². The van der Waals surface area contributed by atoms with Gasteiger partial charge in [-0.2, -0.15) is 15.1 Å². The molecule has 0 spiro atoms. The van der Waals surface area contributed by atoms with E-state index in [0.717, 1.165) is 27.5 Å². The number of para-hydroxylation sites is 1. The minimum Gasteiger partial charge on any atom is -0.490 e. The van der Waals surface area contributed by atoms with E-state index in [4.69, 9.17) is 14.9 Å². The summed E-state index contributed by atoms with van der Waals surface area (Å²) >= 11 is 1.29. The number of amidine groups is 2. The summed E-state index contributed by atoms with van der Waals surface area (Å²) in [4.78, 5) is 16.4. The lowest BCUT2D eigenvalue weighted by molar-refractivity contribution is -0.114. The van der Waals surface area contributed by atoms with Gasteiger partial charge in [0.2, 0.25) is 5.17 Å². The topological polar surface area (TPSA) is 87.3 Å². The quantitative estimate of drug-likeness (QED) is 0.538. The van der Waals surface area contributed by atoms with Crippen LogP contribution in [-0.2, 0) is 4.79 Å². The predicted molar refractivity (Wildman–Crippen MR) is 124 cm³/mol. The lowest BCUT2D eigenvalue weighted by atomic mass is 10.1. The van der Waals surface area contributed by atoms with Gasteiger partial charge in [-0.1, -0.05) is 30.3 Å². The monoisotopic (exact) mass is 434 g/mol. The molecule has 7 nitrogen and oxygen atoms in total. The molecule has 0 fully saturated rings. The molecule has 158 valence electrons. The zero-order chi connectivity index (χ0) is 22.0. The Morgan fingerprint density at radius 3 is 2.42 bits per heavy atom. The smallest absolute Gasteiger partial charge is 0.283 e. The second-order valence-corrected chi connectivity index (χ2v) is 8.29. The SMILES string of the molecule is CC1=NN2C(=N)/C(=C/c3ccc(OCCOc4c(C)cccc4C)cc3)C(=O)N=C2S1. The van der Waals surface area contributed by atoms with Crippen LogP contribution >= 0.6 is 11.8 Å². The summed E-state index contributed by atoms with van der Waals surface area (Å²) in [5.74, 6) is 1.20. The molecule has 2 heterocycles. The van der Waals surface area contributed by atoms with Gasteiger partial charge in [-0.05, 0) is 67.4 Å². The standard InChI is InChI=1S/C23H22N4O3S/c1-14-5-4-6-15(2)20(14)30-12-11-29-18-9-7-17(8-10-18)13-19-21(24)27-23(25-22(19)28)31-16(3)26-27/h4-10,13,24H,11-12H2,1-3H3/b19-13-,24-21?. The van der Waals surface area contributed by atoms with E-state index in [-0.39, 0.29) is 11.4 Å². The highest BCUT2D eigenvalue weighted by Gasteiger charge is 2.34. The molecule has 2 aliphatic rings. The highest BCUT2D eigenvalue weighted by molar-refractivity contribution is 8.26. The molecule has 8 heteroatoms. The van der Waals surface area contributed by atoms with Crippen LogP contribution in [0.15, 0.2) is 58.1 Å². The molecule has 0 bridgehead atoms. The summed E-state index contributed by atoms with van der Waals surface area (Å²) in [5.41, 5.74) is 3.19. The third kappa shape index (κ3) is 4.54. The van der Waals surface area contributed by atoms with Crippen molar-refractivity contribution < 1.29 is 14.3 Å². The first-order valence-electron chi connectivity index (χ1n) is 9.81. The summed E-state index contributed by atoms with van der Waals surface area (Å²) in [5, 5.41) is 15.1. The molecule has 1 N–H and O–H groups in total. The number of hydrogen-bond acceptors (Lipinski definition) is 6. The number of hydrogen-bond donors (Lipinski definition) is 1. The van der Waals surface area contributed by atoms with E-state index < -0.39 is 5.91 Å². The fourth-order valence-corrected chi connectivity index (χ4v) is 3.98. The summed E-state index contributed by atoms with van der Waals surface area (Å²) < 4.78 is 11.6. The molecule has 2 aromatic carbocycles. The van der Waals surface area contributed by atoms with Gasteiger partial charge in [0.1, 0.15) is 24.7 Å². The Bertz CT molecular complexity index is 1120. The summed E-state index contributed by atoms with van der Waals surface area (Å²) in [6.07, 6.45) is 1.65. The Morgan fingerprint density at radius 1 is 1.03 bits per heavy atom. The molecule has 4 rings (SSSR count). The van der Waals surface area contributed by atoms with Crippen LogP contribution in [0.2, 0.25) is 0 Å². The number of hydrazone groups is 1. The van der Waals surface area contributed by atoms with Gasteiger partial charge in [0, 0.05) is 0 Å². The van der Waals surface area contributed by atoms with Gasteiger partial charge in [0.05, 0.1) is 10.6 Å². The second-order valence-electron chi connectivity index (χ2n) is 7.13. The van der Waals surface area contributed by atoms with Crippen LogP contribution in [0, 0.1) is 19.3 Å². The fraction of sp³-hybridized carbons (Fsp3) is 0.217. The minimum atomic E-state index is -0.433. The third-order valence-corrected chi connectivity index (χ3v) is 5.58. The average molecular weight is 435 g/mol. The van der Waals surface area contributed by atoms with E-state index in [1.165, 1.54) is 16.8 Å². The summed E-state index contributed by atoms with van der Waals surface area (Å²) in [6, 6.07) is 13.4. The highest BCUT2D eigenvalue weighted by atomic mass is 32.2. The number of carbonyl (C=O) groups excluding carboxylic acids is 1. The fourth-order valence-electron chi connectivity index (χ4n) is 3.24. The van der Waals surface area contributed by atoms with Gasteiger partial charge in [-0.25, -0.2) is 0 Å². The average Bonchev–Trinajstić information content (AvgIpc) is 3.11. The molecule has 0 atom stereocenters. The van der Waals surface area contributed by atoms with Crippen molar-refractivity contribution in [2.45, 2.75) is 20.8 Å². The number of rotatable bonds is 6. The minimum absolute atomic E-state index is 0.0309. The molecular formula is C23H22N4O3S. The van der Waals surface area contributed by atoms with Gasteiger partial charge >= 0.3 is 0 Å². The first-order valence-corrected chi connectivity index (χ1v) is 10.6. The van der Waals surface area contributed by atoms with Gasteiger partial charge in [-0.15, -0.1) is 0 Å². The van der Waals surface area contributed by atoms with Crippen LogP contribution in [0.5, 0.6) is 11.5 Å². The molecule has 2 aliphatic heterocycles. The van der Waals surface area contributed by atoms with Gasteiger partial charge in [0.15, 0.2) is 5.84 Å². The Hall–Kier alpha value is -3.39. The predicted octanol–water partition coefficient (Wildman–Crippen LogP) is 4.40. The normalized spacial score (nSPS) is 16.9. The summed E-state index contributed by atoms with van der Waals surface area (Å²) in [6.45, 7) is 6.72. The van der Waals surface area contributed by atoms with Crippen LogP contribution < -0.4 is 9.47 Å². The van der Waals surface area contributed by atoms with Crippen molar-refractivity contribution in [3.63, 3.8) is 0 Å². The lowest BCUT2D eigenvalue weighted by Crippen LogP contribution is -2.35. The molecule has 0 saturated carbocycles. The molecule has 1 amide bonds.